The highest BCUT2D eigenvalue weighted by atomic mass is 16.5. The van der Waals surface area contributed by atoms with Crippen molar-refractivity contribution >= 4 is 5.96 Å². The Morgan fingerprint density at radius 1 is 1.29 bits per heavy atom. The lowest BCUT2D eigenvalue weighted by Gasteiger charge is -2.13. The fourth-order valence-corrected chi connectivity index (χ4v) is 2.46. The number of hydrogen-bond donors (Lipinski definition) is 2. The molecule has 5 nitrogen and oxygen atoms in total. The lowest BCUT2D eigenvalue weighted by molar-refractivity contribution is 0.105. The number of nitrogens with zero attached hydrogens (tertiary/aromatic N) is 1. The zero-order valence-corrected chi connectivity index (χ0v) is 13.4. The van der Waals surface area contributed by atoms with Crippen molar-refractivity contribution in [2.24, 2.45) is 10.9 Å². The molecule has 0 aromatic rings. The monoisotopic (exact) mass is 297 g/mol. The molecule has 21 heavy (non-hydrogen) atoms. The molecule has 1 aliphatic carbocycles. The lowest BCUT2D eigenvalue weighted by atomic mass is 10.2. The Balaban J connectivity index is 1.51. The van der Waals surface area contributed by atoms with Gasteiger partial charge in [-0.2, -0.15) is 0 Å². The van der Waals surface area contributed by atoms with Gasteiger partial charge in [-0.05, 0) is 51.4 Å². The van der Waals surface area contributed by atoms with E-state index in [1.54, 1.807) is 0 Å². The summed E-state index contributed by atoms with van der Waals surface area (Å²) in [5, 5.41) is 6.67. The van der Waals surface area contributed by atoms with Gasteiger partial charge in [0.2, 0.25) is 0 Å². The van der Waals surface area contributed by atoms with Crippen molar-refractivity contribution < 1.29 is 9.47 Å². The molecule has 2 fully saturated rings. The third kappa shape index (κ3) is 7.67. The van der Waals surface area contributed by atoms with E-state index >= 15 is 0 Å². The Hall–Kier alpha value is -0.810. The lowest BCUT2D eigenvalue weighted by Crippen LogP contribution is -2.38. The van der Waals surface area contributed by atoms with Crippen molar-refractivity contribution in [3.63, 3.8) is 0 Å². The van der Waals surface area contributed by atoms with Gasteiger partial charge in [-0.1, -0.05) is 0 Å². The van der Waals surface area contributed by atoms with Gasteiger partial charge in [-0.15, -0.1) is 0 Å². The predicted molar refractivity (Wildman–Crippen MR) is 85.7 cm³/mol. The van der Waals surface area contributed by atoms with E-state index in [-0.39, 0.29) is 0 Å². The molecular weight excluding hydrogens is 266 g/mol. The molecule has 0 aromatic carbocycles. The summed E-state index contributed by atoms with van der Waals surface area (Å²) in [5.41, 5.74) is 0. The van der Waals surface area contributed by atoms with Gasteiger partial charge < -0.3 is 20.1 Å². The fourth-order valence-electron chi connectivity index (χ4n) is 2.46. The van der Waals surface area contributed by atoms with Crippen LogP contribution in [0.2, 0.25) is 0 Å². The minimum absolute atomic E-state index is 0.441. The van der Waals surface area contributed by atoms with E-state index in [1.807, 2.05) is 0 Å². The van der Waals surface area contributed by atoms with Crippen LogP contribution in [-0.4, -0.2) is 51.5 Å². The molecule has 0 aromatic heterocycles. The van der Waals surface area contributed by atoms with Gasteiger partial charge in [0.25, 0.3) is 0 Å². The van der Waals surface area contributed by atoms with Crippen LogP contribution in [0.15, 0.2) is 4.99 Å². The SMILES string of the molecule is CCNC(=NCCCOCC1CC1)NCCC1CCCO1. The molecule has 1 unspecified atom stereocenters. The summed E-state index contributed by atoms with van der Waals surface area (Å²) in [6.07, 6.45) is 7.63. The van der Waals surface area contributed by atoms with Crippen LogP contribution in [0.4, 0.5) is 0 Å². The quantitative estimate of drug-likeness (QED) is 0.367. The third-order valence-electron chi connectivity index (χ3n) is 3.89. The first kappa shape index (κ1) is 16.6. The molecule has 0 spiro atoms. The van der Waals surface area contributed by atoms with Gasteiger partial charge >= 0.3 is 0 Å². The average Bonchev–Trinajstić information content (AvgIpc) is 3.17. The first-order valence-electron chi connectivity index (χ1n) is 8.60. The van der Waals surface area contributed by atoms with E-state index in [0.29, 0.717) is 6.10 Å². The van der Waals surface area contributed by atoms with Crippen LogP contribution in [0, 0.1) is 5.92 Å². The van der Waals surface area contributed by atoms with Gasteiger partial charge in [-0.3, -0.25) is 4.99 Å². The number of hydrogen-bond acceptors (Lipinski definition) is 3. The third-order valence-corrected chi connectivity index (χ3v) is 3.89. The summed E-state index contributed by atoms with van der Waals surface area (Å²) in [6, 6.07) is 0. The number of rotatable bonds is 10. The van der Waals surface area contributed by atoms with E-state index in [1.165, 1.54) is 25.7 Å². The molecule has 2 N–H and O–H groups in total. The average molecular weight is 297 g/mol. The molecule has 2 aliphatic rings. The molecule has 1 saturated heterocycles. The number of nitrogens with one attached hydrogen (secondary N) is 2. The minimum atomic E-state index is 0.441. The van der Waals surface area contributed by atoms with Gasteiger partial charge in [0, 0.05) is 39.5 Å². The second-order valence-corrected chi connectivity index (χ2v) is 5.98. The maximum Gasteiger partial charge on any atom is 0.191 e. The standard InChI is InChI=1S/C16H31N3O2/c1-2-17-16(19-10-8-15-5-3-12-21-15)18-9-4-11-20-13-14-6-7-14/h14-15H,2-13H2,1H3,(H2,17,18,19). The van der Waals surface area contributed by atoms with Crippen LogP contribution in [-0.2, 0) is 9.47 Å². The Labute approximate surface area is 128 Å². The highest BCUT2D eigenvalue weighted by molar-refractivity contribution is 5.79. The minimum Gasteiger partial charge on any atom is -0.381 e. The molecule has 1 aliphatic heterocycles. The summed E-state index contributed by atoms with van der Waals surface area (Å²) in [7, 11) is 0. The topological polar surface area (TPSA) is 54.9 Å². The number of ether oxygens (including phenoxy) is 2. The first-order valence-corrected chi connectivity index (χ1v) is 8.60. The summed E-state index contributed by atoms with van der Waals surface area (Å²) >= 11 is 0. The maximum atomic E-state index is 5.63. The molecule has 1 heterocycles. The van der Waals surface area contributed by atoms with E-state index in [4.69, 9.17) is 9.47 Å². The molecule has 0 amide bonds. The van der Waals surface area contributed by atoms with Crippen molar-refractivity contribution in [3.8, 4) is 0 Å². The molecule has 0 radical (unpaired) electrons. The Bertz CT molecular complexity index is 300. The normalized spacial score (nSPS) is 22.5. The van der Waals surface area contributed by atoms with Crippen LogP contribution in [0.3, 0.4) is 0 Å². The Kier molecular flexibility index (Phi) is 7.89. The first-order chi connectivity index (χ1) is 10.4. The van der Waals surface area contributed by atoms with E-state index < -0.39 is 0 Å². The molecule has 2 rings (SSSR count). The van der Waals surface area contributed by atoms with E-state index in [9.17, 15) is 0 Å². The van der Waals surface area contributed by atoms with E-state index in [2.05, 4.69) is 22.5 Å². The molecule has 1 saturated carbocycles. The smallest absolute Gasteiger partial charge is 0.191 e. The van der Waals surface area contributed by atoms with E-state index in [0.717, 1.165) is 64.2 Å². The molecule has 5 heteroatoms. The predicted octanol–water partition coefficient (Wildman–Crippen LogP) is 1.93. The maximum absolute atomic E-state index is 5.63. The number of guanidine groups is 1. The van der Waals surface area contributed by atoms with Crippen LogP contribution in [0.25, 0.3) is 0 Å². The fraction of sp³-hybridized carbons (Fsp3) is 0.938. The van der Waals surface area contributed by atoms with Crippen molar-refractivity contribution in [2.45, 2.75) is 51.6 Å². The van der Waals surface area contributed by atoms with Crippen LogP contribution in [0.5, 0.6) is 0 Å². The highest BCUT2D eigenvalue weighted by Gasteiger charge is 2.20. The van der Waals surface area contributed by atoms with Crippen LogP contribution < -0.4 is 10.6 Å². The van der Waals surface area contributed by atoms with Gasteiger partial charge in [0.15, 0.2) is 5.96 Å². The molecular formula is C16H31N3O2. The Morgan fingerprint density at radius 3 is 2.90 bits per heavy atom. The zero-order chi connectivity index (χ0) is 14.8. The summed E-state index contributed by atoms with van der Waals surface area (Å²) in [6.45, 7) is 7.44. The largest absolute Gasteiger partial charge is 0.381 e. The van der Waals surface area contributed by atoms with Crippen molar-refractivity contribution in [1.29, 1.82) is 0 Å². The van der Waals surface area contributed by atoms with Gasteiger partial charge in [0.1, 0.15) is 0 Å². The second-order valence-electron chi connectivity index (χ2n) is 5.98. The van der Waals surface area contributed by atoms with Crippen LogP contribution in [0.1, 0.15) is 45.4 Å². The second kappa shape index (κ2) is 10.0. The number of aliphatic imine (C=N–C) groups is 1. The zero-order valence-electron chi connectivity index (χ0n) is 13.4. The molecule has 0 bridgehead atoms. The van der Waals surface area contributed by atoms with Crippen molar-refractivity contribution in [3.05, 3.63) is 0 Å². The Morgan fingerprint density at radius 2 is 2.19 bits per heavy atom. The summed E-state index contributed by atoms with van der Waals surface area (Å²) < 4.78 is 11.2. The summed E-state index contributed by atoms with van der Waals surface area (Å²) in [4.78, 5) is 4.58. The highest BCUT2D eigenvalue weighted by Crippen LogP contribution is 2.28. The molecule has 1 atom stereocenters. The van der Waals surface area contributed by atoms with Crippen molar-refractivity contribution in [2.75, 3.05) is 39.5 Å². The summed E-state index contributed by atoms with van der Waals surface area (Å²) in [5.74, 6) is 1.77. The van der Waals surface area contributed by atoms with Crippen molar-refractivity contribution in [1.82, 2.24) is 10.6 Å². The van der Waals surface area contributed by atoms with Gasteiger partial charge in [-0.25, -0.2) is 0 Å². The van der Waals surface area contributed by atoms with Gasteiger partial charge in [0.05, 0.1) is 6.10 Å². The molecule has 122 valence electrons. The van der Waals surface area contributed by atoms with Crippen LogP contribution >= 0.6 is 0 Å².